The molecule has 0 aromatic heterocycles. The molecule has 0 saturated heterocycles. The highest BCUT2D eigenvalue weighted by Gasteiger charge is 2.21. The lowest BCUT2D eigenvalue weighted by Gasteiger charge is -2.23. The molecule has 0 spiro atoms. The van der Waals surface area contributed by atoms with Crippen molar-refractivity contribution < 1.29 is 26.9 Å². The van der Waals surface area contributed by atoms with Gasteiger partial charge in [-0.05, 0) is 17.7 Å². The molecule has 1 amide bonds. The number of hydrogen-bond acceptors (Lipinski definition) is 6. The number of ether oxygens (including phenoxy) is 2. The van der Waals surface area contributed by atoms with Gasteiger partial charge in [-0.3, -0.25) is 4.79 Å². The van der Waals surface area contributed by atoms with E-state index in [0.717, 1.165) is 6.26 Å². The normalized spacial score (nSPS) is 11.4. The van der Waals surface area contributed by atoms with Crippen molar-refractivity contribution in [1.29, 1.82) is 0 Å². The summed E-state index contributed by atoms with van der Waals surface area (Å²) in [5.41, 5.74) is 0.618. The first kappa shape index (κ1) is 20.8. The van der Waals surface area contributed by atoms with Crippen LogP contribution in [0.25, 0.3) is 0 Å². The fraction of sp³-hybridized carbons (Fsp3) is 0.500. The molecule has 1 aromatic rings. The second-order valence-electron chi connectivity index (χ2n) is 4.83. The van der Waals surface area contributed by atoms with Crippen molar-refractivity contribution in [3.05, 3.63) is 23.8 Å². The van der Waals surface area contributed by atoms with Gasteiger partial charge in [0.05, 0.1) is 20.0 Å². The number of methoxy groups -OCH3 is 2. The minimum Gasteiger partial charge on any atom is -0.493 e. The van der Waals surface area contributed by atoms with Crippen molar-refractivity contribution in [2.45, 2.75) is 11.4 Å². The van der Waals surface area contributed by atoms with Gasteiger partial charge in [0, 0.05) is 20.2 Å². The lowest BCUT2D eigenvalue weighted by molar-refractivity contribution is -0.130. The number of carbonyl (C=O) groups excluding carboxylic acids is 1. The first-order valence-corrected chi connectivity index (χ1v) is 9.49. The smallest absolute Gasteiger partial charge is 0.306 e. The maximum atomic E-state index is 12.0. The molecule has 0 N–H and O–H groups in total. The standard InChI is InChI=1S/C14H19Cl2NO6S/c1-21-7-6-17(14(18)13(15)16)9-10-4-5-11(22-2)12(8-10)23-24(3,19)20/h4-5,8,13H,6-7,9H2,1-3H3. The van der Waals surface area contributed by atoms with Crippen molar-refractivity contribution in [3.63, 3.8) is 0 Å². The summed E-state index contributed by atoms with van der Waals surface area (Å²) in [6.45, 7) is 0.733. The Morgan fingerprint density at radius 1 is 1.25 bits per heavy atom. The van der Waals surface area contributed by atoms with Crippen LogP contribution in [0.3, 0.4) is 0 Å². The van der Waals surface area contributed by atoms with E-state index in [4.69, 9.17) is 36.9 Å². The van der Waals surface area contributed by atoms with Crippen LogP contribution >= 0.6 is 23.2 Å². The van der Waals surface area contributed by atoms with Crippen LogP contribution in [-0.2, 0) is 26.2 Å². The molecule has 136 valence electrons. The van der Waals surface area contributed by atoms with Crippen molar-refractivity contribution >= 4 is 39.2 Å². The number of rotatable bonds is 9. The van der Waals surface area contributed by atoms with Gasteiger partial charge in [-0.2, -0.15) is 8.42 Å². The molecule has 1 rings (SSSR count). The average molecular weight is 400 g/mol. The monoisotopic (exact) mass is 399 g/mol. The highest BCUT2D eigenvalue weighted by atomic mass is 35.5. The minimum atomic E-state index is -3.72. The maximum absolute atomic E-state index is 12.0. The molecule has 0 saturated carbocycles. The van der Waals surface area contributed by atoms with E-state index in [1.165, 1.54) is 25.2 Å². The van der Waals surface area contributed by atoms with Crippen LogP contribution in [0.5, 0.6) is 11.5 Å². The zero-order chi connectivity index (χ0) is 18.3. The molecule has 24 heavy (non-hydrogen) atoms. The molecular formula is C14H19Cl2NO6S. The van der Waals surface area contributed by atoms with Crippen molar-refractivity contribution in [2.75, 3.05) is 33.6 Å². The van der Waals surface area contributed by atoms with E-state index in [9.17, 15) is 13.2 Å². The molecule has 0 heterocycles. The zero-order valence-corrected chi connectivity index (χ0v) is 15.8. The van der Waals surface area contributed by atoms with E-state index in [1.807, 2.05) is 0 Å². The van der Waals surface area contributed by atoms with Crippen LogP contribution in [0.1, 0.15) is 5.56 Å². The van der Waals surface area contributed by atoms with Crippen molar-refractivity contribution in [2.24, 2.45) is 0 Å². The van der Waals surface area contributed by atoms with Gasteiger partial charge >= 0.3 is 10.1 Å². The van der Waals surface area contributed by atoms with E-state index in [2.05, 4.69) is 0 Å². The van der Waals surface area contributed by atoms with Gasteiger partial charge in [-0.1, -0.05) is 29.3 Å². The zero-order valence-electron chi connectivity index (χ0n) is 13.5. The predicted octanol–water partition coefficient (Wildman–Crippen LogP) is 1.81. The van der Waals surface area contributed by atoms with Crippen LogP contribution < -0.4 is 8.92 Å². The number of halogens is 2. The van der Waals surface area contributed by atoms with Crippen molar-refractivity contribution in [1.82, 2.24) is 4.90 Å². The highest BCUT2D eigenvalue weighted by Crippen LogP contribution is 2.29. The van der Waals surface area contributed by atoms with E-state index < -0.39 is 20.9 Å². The maximum Gasteiger partial charge on any atom is 0.306 e. The van der Waals surface area contributed by atoms with Crippen LogP contribution in [0.4, 0.5) is 0 Å². The minimum absolute atomic E-state index is 0.0323. The predicted molar refractivity (Wildman–Crippen MR) is 91.3 cm³/mol. The average Bonchev–Trinajstić information content (AvgIpc) is 2.49. The van der Waals surface area contributed by atoms with Gasteiger partial charge in [0.15, 0.2) is 16.3 Å². The summed E-state index contributed by atoms with van der Waals surface area (Å²) >= 11 is 11.3. The first-order chi connectivity index (χ1) is 11.2. The molecule has 0 fully saturated rings. The summed E-state index contributed by atoms with van der Waals surface area (Å²) in [5, 5.41) is 0. The van der Waals surface area contributed by atoms with Crippen LogP contribution in [0.15, 0.2) is 18.2 Å². The van der Waals surface area contributed by atoms with Crippen LogP contribution in [0, 0.1) is 0 Å². The number of amides is 1. The van der Waals surface area contributed by atoms with E-state index >= 15 is 0 Å². The Kier molecular flexibility index (Phi) is 8.08. The molecule has 0 unspecified atom stereocenters. The Hall–Kier alpha value is -1.22. The van der Waals surface area contributed by atoms with Crippen molar-refractivity contribution in [3.8, 4) is 11.5 Å². The highest BCUT2D eigenvalue weighted by molar-refractivity contribution is 7.86. The summed E-state index contributed by atoms with van der Waals surface area (Å²) in [5.74, 6) is -0.187. The van der Waals surface area contributed by atoms with Gasteiger partial charge in [0.1, 0.15) is 0 Å². The fourth-order valence-corrected chi connectivity index (χ4v) is 2.61. The molecule has 0 aliphatic heterocycles. The van der Waals surface area contributed by atoms with Gasteiger partial charge in [0.25, 0.3) is 5.91 Å². The SMILES string of the molecule is COCCN(Cc1ccc(OC)c(OS(C)(=O)=O)c1)C(=O)C(Cl)Cl. The molecule has 0 aliphatic carbocycles. The van der Waals surface area contributed by atoms with Gasteiger partial charge in [-0.25, -0.2) is 0 Å². The van der Waals surface area contributed by atoms with E-state index in [1.54, 1.807) is 12.1 Å². The molecular weight excluding hydrogens is 381 g/mol. The number of carbonyl (C=O) groups is 1. The third-order valence-electron chi connectivity index (χ3n) is 2.91. The second kappa shape index (κ2) is 9.31. The number of benzene rings is 1. The summed E-state index contributed by atoms with van der Waals surface area (Å²) in [7, 11) is -0.822. The first-order valence-electron chi connectivity index (χ1n) is 6.80. The van der Waals surface area contributed by atoms with Gasteiger partial charge in [-0.15, -0.1) is 0 Å². The lowest BCUT2D eigenvalue weighted by atomic mass is 10.2. The Balaban J connectivity index is 3.06. The molecule has 0 aliphatic rings. The molecule has 0 radical (unpaired) electrons. The Labute approximate surface area is 151 Å². The quantitative estimate of drug-likeness (QED) is 0.465. The molecule has 1 aromatic carbocycles. The van der Waals surface area contributed by atoms with Gasteiger partial charge < -0.3 is 18.6 Å². The Morgan fingerprint density at radius 3 is 2.42 bits per heavy atom. The third kappa shape index (κ3) is 6.72. The second-order valence-corrected chi connectivity index (χ2v) is 7.50. The number of hydrogen-bond donors (Lipinski definition) is 0. The fourth-order valence-electron chi connectivity index (χ4n) is 1.87. The topological polar surface area (TPSA) is 82.1 Å². The molecule has 0 bridgehead atoms. The molecule has 10 heteroatoms. The van der Waals surface area contributed by atoms with Gasteiger partial charge in [0.2, 0.25) is 0 Å². The Bertz CT molecular complexity index is 665. The number of nitrogens with zero attached hydrogens (tertiary/aromatic N) is 1. The summed E-state index contributed by atoms with van der Waals surface area (Å²) in [6, 6.07) is 4.71. The molecule has 0 atom stereocenters. The molecule has 7 nitrogen and oxygen atoms in total. The number of alkyl halides is 2. The van der Waals surface area contributed by atoms with E-state index in [-0.39, 0.29) is 24.6 Å². The summed E-state index contributed by atoms with van der Waals surface area (Å²) in [6.07, 6.45) is 0.930. The summed E-state index contributed by atoms with van der Waals surface area (Å²) < 4.78 is 37.6. The third-order valence-corrected chi connectivity index (χ3v) is 3.76. The lowest BCUT2D eigenvalue weighted by Crippen LogP contribution is -2.36. The largest absolute Gasteiger partial charge is 0.493 e. The van der Waals surface area contributed by atoms with E-state index in [0.29, 0.717) is 12.2 Å². The van der Waals surface area contributed by atoms with Crippen LogP contribution in [-0.4, -0.2) is 57.7 Å². The summed E-state index contributed by atoms with van der Waals surface area (Å²) in [4.78, 5) is 12.2. The van der Waals surface area contributed by atoms with Crippen LogP contribution in [0.2, 0.25) is 0 Å². The Morgan fingerprint density at radius 2 is 1.92 bits per heavy atom.